The Morgan fingerprint density at radius 2 is 0.394 bits per heavy atom. The Kier molecular flexibility index (Phi) is 14.3. The molecule has 0 saturated carbocycles. The molecule has 0 bridgehead atoms. The molecule has 0 amide bonds. The molecule has 4 nitrogen and oxygen atoms in total. The van der Waals surface area contributed by atoms with Crippen LogP contribution in [0.2, 0.25) is 0 Å². The second-order valence-electron chi connectivity index (χ2n) is 11.3. The van der Waals surface area contributed by atoms with Crippen LogP contribution in [0.15, 0.2) is 0 Å². The molecule has 0 aliphatic rings. The van der Waals surface area contributed by atoms with Gasteiger partial charge in [-0.2, -0.15) is 0 Å². The van der Waals surface area contributed by atoms with E-state index in [0.29, 0.717) is 5.41 Å². The summed E-state index contributed by atoms with van der Waals surface area (Å²) in [7, 11) is 0. The van der Waals surface area contributed by atoms with Gasteiger partial charge >= 0.3 is 0 Å². The Bertz CT molecular complexity index is 373. The minimum Gasteiger partial charge on any atom is -0.323 e. The lowest BCUT2D eigenvalue weighted by Crippen LogP contribution is -2.71. The fourth-order valence-corrected chi connectivity index (χ4v) is 7.17. The van der Waals surface area contributed by atoms with E-state index in [-0.39, 0.29) is 0 Å². The van der Waals surface area contributed by atoms with E-state index in [1.165, 1.54) is 123 Å². The van der Waals surface area contributed by atoms with E-state index in [0.717, 1.165) is 0 Å². The lowest BCUT2D eigenvalue weighted by Gasteiger charge is -2.54. The Labute approximate surface area is 211 Å². The van der Waals surface area contributed by atoms with Crippen molar-refractivity contribution >= 4 is 0 Å². The Morgan fingerprint density at radius 3 is 0.485 bits per heavy atom. The molecule has 0 aromatic heterocycles. The molecule has 4 heteroatoms. The van der Waals surface area contributed by atoms with Gasteiger partial charge in [0.2, 0.25) is 0 Å². The quantitative estimate of drug-likeness (QED) is 0.206. The molecular weight excluding hydrogens is 404 g/mol. The van der Waals surface area contributed by atoms with Crippen LogP contribution in [-0.2, 0) is 0 Å². The molecule has 0 aliphatic heterocycles. The molecule has 0 rings (SSSR count). The summed E-state index contributed by atoms with van der Waals surface area (Å²) >= 11 is 0. The van der Waals surface area contributed by atoms with Gasteiger partial charge in [0.1, 0.15) is 26.2 Å². The molecule has 0 spiro atoms. The number of nitrogens with zero attached hydrogens (tertiary/aromatic N) is 4. The van der Waals surface area contributed by atoms with Crippen LogP contribution in [-0.4, -0.2) is 123 Å². The highest BCUT2D eigenvalue weighted by Gasteiger charge is 2.54. The predicted octanol–water partition coefficient (Wildman–Crippen LogP) is 5.48. The highest BCUT2D eigenvalue weighted by molar-refractivity contribution is 4.82. The number of rotatable bonds is 20. The van der Waals surface area contributed by atoms with E-state index in [4.69, 9.17) is 0 Å². The fourth-order valence-electron chi connectivity index (χ4n) is 7.17. The molecule has 0 atom stereocenters. The first-order valence-electron chi connectivity index (χ1n) is 15.0. The van der Waals surface area contributed by atoms with Gasteiger partial charge in [-0.15, -0.1) is 0 Å². The van der Waals surface area contributed by atoms with Crippen molar-refractivity contribution in [2.24, 2.45) is 5.41 Å². The average molecular weight is 473 g/mol. The largest absolute Gasteiger partial charge is 0.323 e. The first-order chi connectivity index (χ1) is 15.6. The van der Waals surface area contributed by atoms with Crippen LogP contribution in [0.4, 0.5) is 0 Å². The van der Waals surface area contributed by atoms with Gasteiger partial charge in [0.15, 0.2) is 5.41 Å². The first kappa shape index (κ1) is 32.8. The maximum Gasteiger partial charge on any atom is 0.165 e. The van der Waals surface area contributed by atoms with Gasteiger partial charge in [-0.05, 0) is 83.1 Å². The predicted molar refractivity (Wildman–Crippen MR) is 149 cm³/mol. The van der Waals surface area contributed by atoms with Crippen molar-refractivity contribution in [2.45, 2.75) is 83.1 Å². The summed E-state index contributed by atoms with van der Waals surface area (Å²) < 4.78 is 5.08. The molecule has 0 N–H and O–H groups in total. The summed E-state index contributed by atoms with van der Waals surface area (Å²) in [5, 5.41) is 0. The minimum absolute atomic E-state index is 0.341. The summed E-state index contributed by atoms with van der Waals surface area (Å²) in [5.41, 5.74) is 0.341. The SMILES string of the molecule is CC[N+](CC)(CC)CC(C[N+](CC)(CC)CC)(C[N+](CC)(CC)CC)C[N+](CC)(CC)CC. The van der Waals surface area contributed by atoms with Crippen LogP contribution in [0.1, 0.15) is 83.1 Å². The van der Waals surface area contributed by atoms with Crippen LogP contribution < -0.4 is 0 Å². The fraction of sp³-hybridized carbons (Fsp3) is 1.00. The van der Waals surface area contributed by atoms with Crippen molar-refractivity contribution in [3.05, 3.63) is 0 Å². The third kappa shape index (κ3) is 7.92. The highest BCUT2D eigenvalue weighted by Crippen LogP contribution is 2.35. The van der Waals surface area contributed by atoms with Gasteiger partial charge in [-0.3, -0.25) is 0 Å². The zero-order chi connectivity index (χ0) is 25.8. The lowest BCUT2D eigenvalue weighted by atomic mass is 9.80. The summed E-state index contributed by atoms with van der Waals surface area (Å²) in [5.74, 6) is 0. The van der Waals surface area contributed by atoms with Gasteiger partial charge in [-0.1, -0.05) is 0 Å². The van der Waals surface area contributed by atoms with Crippen molar-refractivity contribution < 1.29 is 17.9 Å². The molecule has 0 aromatic carbocycles. The lowest BCUT2D eigenvalue weighted by molar-refractivity contribution is -0.993. The second-order valence-corrected chi connectivity index (χ2v) is 11.3. The van der Waals surface area contributed by atoms with E-state index < -0.39 is 0 Å². The number of hydrogen-bond donors (Lipinski definition) is 0. The molecule has 0 saturated heterocycles. The van der Waals surface area contributed by atoms with Crippen LogP contribution in [0.5, 0.6) is 0 Å². The standard InChI is InChI=1S/C29H68N4/c1-13-30(14-2,15-3)25-29(26-31(16-4,17-5)18-6,27-32(19-7,20-8)21-9)28-33(22-10,23-11)24-12/h13-28H2,1-12H3/q+4. The number of quaternary nitrogens is 4. The van der Waals surface area contributed by atoms with E-state index in [1.54, 1.807) is 0 Å². The minimum atomic E-state index is 0.341. The molecule has 0 radical (unpaired) electrons. The van der Waals surface area contributed by atoms with Crippen LogP contribution >= 0.6 is 0 Å². The number of hydrogen-bond acceptors (Lipinski definition) is 0. The van der Waals surface area contributed by atoms with Crippen molar-refractivity contribution in [3.8, 4) is 0 Å². The van der Waals surface area contributed by atoms with E-state index in [2.05, 4.69) is 83.1 Å². The van der Waals surface area contributed by atoms with Gasteiger partial charge in [0.25, 0.3) is 0 Å². The van der Waals surface area contributed by atoms with Gasteiger partial charge in [-0.25, -0.2) is 0 Å². The molecule has 33 heavy (non-hydrogen) atoms. The maximum absolute atomic E-state index is 2.45. The van der Waals surface area contributed by atoms with Crippen molar-refractivity contribution in [2.75, 3.05) is 105 Å². The monoisotopic (exact) mass is 473 g/mol. The maximum atomic E-state index is 2.45. The van der Waals surface area contributed by atoms with Crippen LogP contribution in [0.25, 0.3) is 0 Å². The molecule has 0 fully saturated rings. The smallest absolute Gasteiger partial charge is 0.165 e. The normalized spacial score (nSPS) is 14.2. The van der Waals surface area contributed by atoms with Crippen LogP contribution in [0, 0.1) is 5.41 Å². The summed E-state index contributed by atoms with van der Waals surface area (Å²) in [6.07, 6.45) is 0. The topological polar surface area (TPSA) is 0 Å². The molecule has 0 heterocycles. The second kappa shape index (κ2) is 14.4. The Hall–Kier alpha value is -0.160. The molecule has 200 valence electrons. The summed E-state index contributed by atoms with van der Waals surface area (Å²) in [6, 6.07) is 0. The highest BCUT2D eigenvalue weighted by atomic mass is 15.4. The third-order valence-corrected chi connectivity index (χ3v) is 10.7. The zero-order valence-electron chi connectivity index (χ0n) is 25.6. The molecule has 0 unspecified atom stereocenters. The van der Waals surface area contributed by atoms with E-state index in [9.17, 15) is 0 Å². The third-order valence-electron chi connectivity index (χ3n) is 10.7. The van der Waals surface area contributed by atoms with Crippen molar-refractivity contribution in [1.82, 2.24) is 0 Å². The first-order valence-corrected chi connectivity index (χ1v) is 15.0. The van der Waals surface area contributed by atoms with Crippen molar-refractivity contribution in [1.29, 1.82) is 0 Å². The molecule has 0 aromatic rings. The Balaban J connectivity index is 7.10. The van der Waals surface area contributed by atoms with Crippen molar-refractivity contribution in [3.63, 3.8) is 0 Å². The van der Waals surface area contributed by atoms with Gasteiger partial charge < -0.3 is 17.9 Å². The summed E-state index contributed by atoms with van der Waals surface area (Å²) in [6.45, 7) is 49.8. The average Bonchev–Trinajstić information content (AvgIpc) is 2.88. The molecular formula is C29H68N4+4. The molecule has 0 aliphatic carbocycles. The van der Waals surface area contributed by atoms with E-state index in [1.807, 2.05) is 0 Å². The van der Waals surface area contributed by atoms with Gasteiger partial charge in [0, 0.05) is 0 Å². The van der Waals surface area contributed by atoms with Crippen LogP contribution in [0.3, 0.4) is 0 Å². The van der Waals surface area contributed by atoms with Gasteiger partial charge in [0.05, 0.1) is 78.5 Å². The zero-order valence-corrected chi connectivity index (χ0v) is 25.6. The Morgan fingerprint density at radius 1 is 0.273 bits per heavy atom. The summed E-state index contributed by atoms with van der Waals surface area (Å²) in [4.78, 5) is 0. The van der Waals surface area contributed by atoms with E-state index >= 15 is 0 Å².